The molecular weight excluding hydrogens is 475 g/mol. The van der Waals surface area contributed by atoms with Gasteiger partial charge in [-0.1, -0.05) is 32.4 Å². The average molecular weight is 506 g/mol. The molecule has 0 spiro atoms. The van der Waals surface area contributed by atoms with Crippen molar-refractivity contribution in [3.8, 4) is 11.5 Å². The van der Waals surface area contributed by atoms with Crippen LogP contribution in [0.1, 0.15) is 57.1 Å². The number of carbonyl (C=O) groups is 2. The molecule has 1 atom stereocenters. The number of carbonyl (C=O) groups excluding carboxylic acids is 2. The number of amides is 2. The minimum absolute atomic E-state index is 0.0518. The Morgan fingerprint density at radius 2 is 1.86 bits per heavy atom. The van der Waals surface area contributed by atoms with Crippen molar-refractivity contribution in [2.24, 2.45) is 11.0 Å². The zero-order valence-corrected chi connectivity index (χ0v) is 20.5. The molecule has 3 rings (SSSR count). The second-order valence-electron chi connectivity index (χ2n) is 8.51. The lowest BCUT2D eigenvalue weighted by atomic mass is 9.89. The van der Waals surface area contributed by atoms with Crippen molar-refractivity contribution in [2.45, 2.75) is 58.9 Å². The molecule has 0 saturated carbocycles. The number of hydrogen-bond acceptors (Lipinski definition) is 5. The number of unbranched alkanes of at least 4 members (excludes halogenated alkanes) is 1. The molecule has 0 saturated heterocycles. The highest BCUT2D eigenvalue weighted by Gasteiger charge is 2.34. The summed E-state index contributed by atoms with van der Waals surface area (Å²) in [5, 5.41) is 8.70. The number of halogens is 3. The number of alkyl halides is 3. The monoisotopic (exact) mass is 505 g/mol. The Hall–Kier alpha value is -3.56. The number of hydrogen-bond donors (Lipinski definition) is 1. The predicted molar refractivity (Wildman–Crippen MR) is 130 cm³/mol. The van der Waals surface area contributed by atoms with Crippen LogP contribution in [-0.4, -0.2) is 36.0 Å². The Balaban J connectivity index is 1.82. The van der Waals surface area contributed by atoms with Crippen molar-refractivity contribution in [1.29, 1.82) is 0 Å². The maximum absolute atomic E-state index is 12.9. The lowest BCUT2D eigenvalue weighted by Crippen LogP contribution is -2.36. The quantitative estimate of drug-likeness (QED) is 0.437. The fourth-order valence-corrected chi connectivity index (χ4v) is 3.90. The molecule has 2 amide bonds. The van der Waals surface area contributed by atoms with Gasteiger partial charge in [0.2, 0.25) is 11.8 Å². The van der Waals surface area contributed by atoms with Crippen LogP contribution in [0.3, 0.4) is 0 Å². The summed E-state index contributed by atoms with van der Waals surface area (Å²) < 4.78 is 47.8. The van der Waals surface area contributed by atoms with E-state index in [1.54, 1.807) is 30.3 Å². The lowest BCUT2D eigenvalue weighted by molar-refractivity contribution is -0.275. The van der Waals surface area contributed by atoms with Crippen LogP contribution in [0.4, 0.5) is 18.9 Å². The summed E-state index contributed by atoms with van der Waals surface area (Å²) in [6.45, 7) is 4.10. The molecule has 0 aromatic heterocycles. The van der Waals surface area contributed by atoms with E-state index in [-0.39, 0.29) is 36.4 Å². The van der Waals surface area contributed by atoms with Crippen LogP contribution in [-0.2, 0) is 16.1 Å². The fraction of sp³-hybridized carbons (Fsp3) is 0.423. The Morgan fingerprint density at radius 1 is 1.14 bits per heavy atom. The zero-order valence-electron chi connectivity index (χ0n) is 20.5. The number of hydrazone groups is 1. The van der Waals surface area contributed by atoms with Crippen LogP contribution in [0.5, 0.6) is 11.5 Å². The van der Waals surface area contributed by atoms with Crippen LogP contribution in [0.2, 0.25) is 0 Å². The molecule has 0 aliphatic carbocycles. The SMILES string of the molecule is CCCCC(=O)Nc1ccc(CN2N=C(c3ccc(OC)c(OC(F)(F)F)c3)C(CC)CC2=O)cc1. The van der Waals surface area contributed by atoms with Gasteiger partial charge in [0.05, 0.1) is 19.4 Å². The van der Waals surface area contributed by atoms with Gasteiger partial charge in [0.1, 0.15) is 0 Å². The number of rotatable bonds is 10. The van der Waals surface area contributed by atoms with Crippen molar-refractivity contribution in [2.75, 3.05) is 12.4 Å². The molecule has 2 aromatic carbocycles. The summed E-state index contributed by atoms with van der Waals surface area (Å²) in [6, 6.07) is 11.3. The molecule has 2 aromatic rings. The van der Waals surface area contributed by atoms with Crippen molar-refractivity contribution >= 4 is 23.2 Å². The summed E-state index contributed by atoms with van der Waals surface area (Å²) in [6.07, 6.45) is -1.90. The summed E-state index contributed by atoms with van der Waals surface area (Å²) in [4.78, 5) is 24.7. The van der Waals surface area contributed by atoms with Gasteiger partial charge < -0.3 is 14.8 Å². The van der Waals surface area contributed by atoms with Crippen LogP contribution in [0, 0.1) is 5.92 Å². The van der Waals surface area contributed by atoms with Crippen molar-refractivity contribution < 1.29 is 32.2 Å². The molecular formula is C26H30F3N3O4. The van der Waals surface area contributed by atoms with Crippen molar-refractivity contribution in [3.05, 3.63) is 53.6 Å². The highest BCUT2D eigenvalue weighted by molar-refractivity contribution is 6.06. The van der Waals surface area contributed by atoms with E-state index in [4.69, 9.17) is 4.74 Å². The molecule has 194 valence electrons. The van der Waals surface area contributed by atoms with Gasteiger partial charge in [-0.25, -0.2) is 5.01 Å². The van der Waals surface area contributed by atoms with E-state index < -0.39 is 12.1 Å². The van der Waals surface area contributed by atoms with E-state index in [1.165, 1.54) is 24.3 Å². The third kappa shape index (κ3) is 7.22. The Bertz CT molecular complexity index is 1100. The van der Waals surface area contributed by atoms with Gasteiger partial charge in [0, 0.05) is 30.0 Å². The minimum atomic E-state index is -4.88. The van der Waals surface area contributed by atoms with Crippen LogP contribution >= 0.6 is 0 Å². The lowest BCUT2D eigenvalue weighted by Gasteiger charge is -2.29. The second-order valence-corrected chi connectivity index (χ2v) is 8.51. The molecule has 0 radical (unpaired) electrons. The third-order valence-electron chi connectivity index (χ3n) is 5.83. The number of anilines is 1. The predicted octanol–water partition coefficient (Wildman–Crippen LogP) is 5.89. The maximum Gasteiger partial charge on any atom is 0.573 e. The molecule has 1 N–H and O–H groups in total. The van der Waals surface area contributed by atoms with Gasteiger partial charge in [-0.3, -0.25) is 9.59 Å². The summed E-state index contributed by atoms with van der Waals surface area (Å²) in [5.41, 5.74) is 2.38. The first kappa shape index (κ1) is 27.0. The minimum Gasteiger partial charge on any atom is -0.493 e. The normalized spacial score (nSPS) is 15.9. The molecule has 1 heterocycles. The van der Waals surface area contributed by atoms with E-state index in [0.717, 1.165) is 18.4 Å². The van der Waals surface area contributed by atoms with Crippen LogP contribution < -0.4 is 14.8 Å². The molecule has 10 heteroatoms. The summed E-state index contributed by atoms with van der Waals surface area (Å²) in [5.74, 6) is -1.01. The summed E-state index contributed by atoms with van der Waals surface area (Å²) >= 11 is 0. The molecule has 0 bridgehead atoms. The van der Waals surface area contributed by atoms with Gasteiger partial charge in [-0.05, 0) is 48.7 Å². The highest BCUT2D eigenvalue weighted by Crippen LogP contribution is 2.35. The largest absolute Gasteiger partial charge is 0.573 e. The number of benzene rings is 2. The first-order valence-corrected chi connectivity index (χ1v) is 11.8. The number of ether oxygens (including phenoxy) is 2. The first-order chi connectivity index (χ1) is 17.1. The van der Waals surface area contributed by atoms with E-state index in [1.807, 2.05) is 13.8 Å². The topological polar surface area (TPSA) is 80.2 Å². The van der Waals surface area contributed by atoms with Gasteiger partial charge in [0.25, 0.3) is 0 Å². The van der Waals surface area contributed by atoms with Gasteiger partial charge in [-0.2, -0.15) is 5.10 Å². The Kier molecular flexibility index (Phi) is 8.95. The average Bonchev–Trinajstić information content (AvgIpc) is 2.84. The van der Waals surface area contributed by atoms with E-state index >= 15 is 0 Å². The Morgan fingerprint density at radius 3 is 2.47 bits per heavy atom. The highest BCUT2D eigenvalue weighted by atomic mass is 19.4. The molecule has 1 aliphatic heterocycles. The van der Waals surface area contributed by atoms with E-state index in [0.29, 0.717) is 29.8 Å². The standard InChI is InChI=1S/C26H30F3N3O4/c1-4-6-7-23(33)30-20-11-8-17(9-12-20)16-32-24(34)15-18(5-2)25(31-32)19-10-13-21(35-3)22(14-19)36-26(27,28)29/h8-14,18H,4-7,15-16H2,1-3H3,(H,30,33). The molecule has 36 heavy (non-hydrogen) atoms. The van der Waals surface area contributed by atoms with Crippen molar-refractivity contribution in [1.82, 2.24) is 5.01 Å². The molecule has 1 aliphatic rings. The van der Waals surface area contributed by atoms with Crippen molar-refractivity contribution in [3.63, 3.8) is 0 Å². The smallest absolute Gasteiger partial charge is 0.493 e. The maximum atomic E-state index is 12.9. The van der Waals surface area contributed by atoms with E-state index in [2.05, 4.69) is 15.2 Å². The van der Waals surface area contributed by atoms with Crippen LogP contribution in [0.15, 0.2) is 47.6 Å². The van der Waals surface area contributed by atoms with Gasteiger partial charge in [-0.15, -0.1) is 13.2 Å². The number of methoxy groups -OCH3 is 1. The van der Waals surface area contributed by atoms with Gasteiger partial charge in [0.15, 0.2) is 11.5 Å². The zero-order chi connectivity index (χ0) is 26.3. The number of nitrogens with zero attached hydrogens (tertiary/aromatic N) is 2. The van der Waals surface area contributed by atoms with E-state index in [9.17, 15) is 22.8 Å². The third-order valence-corrected chi connectivity index (χ3v) is 5.83. The number of nitrogens with one attached hydrogen (secondary N) is 1. The molecule has 0 fully saturated rings. The molecule has 7 nitrogen and oxygen atoms in total. The summed E-state index contributed by atoms with van der Waals surface area (Å²) in [7, 11) is 1.26. The van der Waals surface area contributed by atoms with Crippen LogP contribution in [0.25, 0.3) is 0 Å². The fourth-order valence-electron chi connectivity index (χ4n) is 3.90. The first-order valence-electron chi connectivity index (χ1n) is 11.8. The van der Waals surface area contributed by atoms with Gasteiger partial charge >= 0.3 is 6.36 Å². The second kappa shape index (κ2) is 11.9. The Labute approximate surface area is 208 Å². The molecule has 1 unspecified atom stereocenters.